The molecule has 4 aliphatic rings. The van der Waals surface area contributed by atoms with E-state index in [1.807, 2.05) is 0 Å². The SMILES string of the molecule is CC(O)C#CC1CC[C@H]2[C@@H]3CCC4CC(O[Si](c5ccccc5)(c5ccccc5)C(C)(C)C)CC[C@]4(C)[C@@H]3CC[C@]12C. The molecule has 2 nitrogen and oxygen atoms in total. The third-order valence-corrected chi connectivity index (χ3v) is 17.9. The standard InChI is InChI=1S/C39H54O2Si/c1-28(40)17-18-29-20-22-35-34-21-19-30-27-31(23-25-39(30,6)36(34)24-26-38(29,35)5)41-42(37(2,3)4,32-13-9-7-10-14-32)33-15-11-8-12-16-33/h7-16,28-31,34-36,40H,19-27H2,1-6H3/t28?,29?,30?,31?,34-,35-,36+,38+,39-/m0/s1. The number of aliphatic hydroxyl groups excluding tert-OH is 1. The van der Waals surface area contributed by atoms with Gasteiger partial charge in [-0.1, -0.05) is 107 Å². The second-order valence-corrected chi connectivity index (χ2v) is 20.2. The van der Waals surface area contributed by atoms with Crippen molar-refractivity contribution < 1.29 is 9.53 Å². The molecule has 4 fully saturated rings. The van der Waals surface area contributed by atoms with Crippen LogP contribution in [0.15, 0.2) is 60.7 Å². The molecule has 4 aliphatic carbocycles. The number of hydrogen-bond donors (Lipinski definition) is 1. The van der Waals surface area contributed by atoms with Gasteiger partial charge in [0.05, 0.1) is 0 Å². The molecule has 6 rings (SSSR count). The van der Waals surface area contributed by atoms with Crippen LogP contribution in [0.1, 0.15) is 99.3 Å². The molecule has 2 aromatic carbocycles. The highest BCUT2D eigenvalue weighted by Gasteiger charge is 2.61. The normalized spacial score (nSPS) is 37.0. The van der Waals surface area contributed by atoms with Gasteiger partial charge < -0.3 is 9.53 Å². The molecule has 9 atom stereocenters. The Labute approximate surface area is 257 Å². The third-order valence-electron chi connectivity index (χ3n) is 12.8. The van der Waals surface area contributed by atoms with Gasteiger partial charge in [0, 0.05) is 12.0 Å². The molecule has 0 heterocycles. The number of hydrogen-bond acceptors (Lipinski definition) is 2. The van der Waals surface area contributed by atoms with E-state index < -0.39 is 14.4 Å². The molecular weight excluding hydrogens is 529 g/mol. The zero-order chi connectivity index (χ0) is 29.8. The van der Waals surface area contributed by atoms with Crippen LogP contribution in [-0.4, -0.2) is 25.6 Å². The molecule has 4 saturated carbocycles. The quantitative estimate of drug-likeness (QED) is 0.293. The van der Waals surface area contributed by atoms with Crippen LogP contribution in [0.5, 0.6) is 0 Å². The van der Waals surface area contributed by atoms with Crippen LogP contribution in [0.25, 0.3) is 0 Å². The zero-order valence-corrected chi connectivity index (χ0v) is 28.0. The summed E-state index contributed by atoms with van der Waals surface area (Å²) in [5, 5.41) is 12.7. The molecule has 3 heteroatoms. The van der Waals surface area contributed by atoms with Crippen LogP contribution in [0.2, 0.25) is 5.04 Å². The van der Waals surface area contributed by atoms with Gasteiger partial charge in [0.25, 0.3) is 8.32 Å². The molecule has 42 heavy (non-hydrogen) atoms. The second-order valence-electron chi connectivity index (χ2n) is 16.0. The lowest BCUT2D eigenvalue weighted by Crippen LogP contribution is -2.68. The van der Waals surface area contributed by atoms with Crippen molar-refractivity contribution in [2.75, 3.05) is 0 Å². The summed E-state index contributed by atoms with van der Waals surface area (Å²) >= 11 is 0. The molecule has 0 radical (unpaired) electrons. The Hall–Kier alpha value is -1.86. The summed E-state index contributed by atoms with van der Waals surface area (Å²) < 4.78 is 7.69. The number of benzene rings is 2. The average Bonchev–Trinajstić information content (AvgIpc) is 3.31. The van der Waals surface area contributed by atoms with Gasteiger partial charge in [0.15, 0.2) is 0 Å². The minimum absolute atomic E-state index is 0.0255. The van der Waals surface area contributed by atoms with Crippen molar-refractivity contribution in [1.29, 1.82) is 0 Å². The summed E-state index contributed by atoms with van der Waals surface area (Å²) in [6.07, 6.45) is 11.5. The molecule has 0 bridgehead atoms. The Morgan fingerprint density at radius 3 is 2.00 bits per heavy atom. The van der Waals surface area contributed by atoms with Gasteiger partial charge in [0.2, 0.25) is 0 Å². The molecule has 0 saturated heterocycles. The predicted molar refractivity (Wildman–Crippen MR) is 177 cm³/mol. The number of fused-ring (bicyclic) bond motifs is 5. The lowest BCUT2D eigenvalue weighted by Gasteiger charge is -2.61. The molecule has 0 spiro atoms. The maximum absolute atomic E-state index is 9.83. The van der Waals surface area contributed by atoms with Gasteiger partial charge in [-0.25, -0.2) is 0 Å². The summed E-state index contributed by atoms with van der Waals surface area (Å²) in [5.41, 5.74) is 0.759. The predicted octanol–water partition coefficient (Wildman–Crippen LogP) is 7.97. The first-order chi connectivity index (χ1) is 20.0. The Balaban J connectivity index is 1.25. The highest BCUT2D eigenvalue weighted by atomic mass is 28.4. The van der Waals surface area contributed by atoms with Gasteiger partial charge >= 0.3 is 0 Å². The molecule has 4 unspecified atom stereocenters. The smallest absolute Gasteiger partial charge is 0.261 e. The van der Waals surface area contributed by atoms with Crippen molar-refractivity contribution in [3.05, 3.63) is 60.7 Å². The van der Waals surface area contributed by atoms with Crippen LogP contribution in [0.4, 0.5) is 0 Å². The van der Waals surface area contributed by atoms with Crippen molar-refractivity contribution in [2.45, 2.75) is 117 Å². The van der Waals surface area contributed by atoms with Crippen molar-refractivity contribution in [2.24, 2.45) is 40.4 Å². The highest BCUT2D eigenvalue weighted by Crippen LogP contribution is 2.67. The molecule has 1 N–H and O–H groups in total. The molecular formula is C39H54O2Si. The molecule has 0 aliphatic heterocycles. The zero-order valence-electron chi connectivity index (χ0n) is 27.0. The molecule has 2 aromatic rings. The molecule has 226 valence electrons. The fraction of sp³-hybridized carbons (Fsp3) is 0.641. The number of rotatable bonds is 4. The van der Waals surface area contributed by atoms with Crippen LogP contribution >= 0.6 is 0 Å². The largest absolute Gasteiger partial charge is 0.404 e. The van der Waals surface area contributed by atoms with Gasteiger partial charge in [-0.2, -0.15) is 0 Å². The Kier molecular flexibility index (Phi) is 8.08. The fourth-order valence-corrected chi connectivity index (χ4v) is 15.5. The molecule has 0 amide bonds. The van der Waals surface area contributed by atoms with E-state index in [-0.39, 0.29) is 5.04 Å². The van der Waals surface area contributed by atoms with Gasteiger partial charge in [0.1, 0.15) is 6.10 Å². The van der Waals surface area contributed by atoms with Gasteiger partial charge in [-0.3, -0.25) is 0 Å². The summed E-state index contributed by atoms with van der Waals surface area (Å²) in [6, 6.07) is 22.4. The van der Waals surface area contributed by atoms with Crippen molar-refractivity contribution in [3.8, 4) is 11.8 Å². The van der Waals surface area contributed by atoms with E-state index in [1.165, 1.54) is 68.2 Å². The maximum atomic E-state index is 9.83. The van der Waals surface area contributed by atoms with E-state index >= 15 is 0 Å². The Morgan fingerprint density at radius 2 is 1.40 bits per heavy atom. The van der Waals surface area contributed by atoms with E-state index in [9.17, 15) is 5.11 Å². The van der Waals surface area contributed by atoms with E-state index in [2.05, 4.69) is 107 Å². The van der Waals surface area contributed by atoms with Crippen LogP contribution < -0.4 is 10.4 Å². The van der Waals surface area contributed by atoms with E-state index in [1.54, 1.807) is 6.92 Å². The van der Waals surface area contributed by atoms with E-state index in [0.29, 0.717) is 22.9 Å². The lowest BCUT2D eigenvalue weighted by molar-refractivity contribution is -0.122. The van der Waals surface area contributed by atoms with E-state index in [0.717, 1.165) is 23.7 Å². The minimum atomic E-state index is -2.53. The molecule has 0 aromatic heterocycles. The summed E-state index contributed by atoms with van der Waals surface area (Å²) in [5.74, 6) is 10.4. The highest BCUT2D eigenvalue weighted by molar-refractivity contribution is 6.99. The van der Waals surface area contributed by atoms with Crippen LogP contribution in [0, 0.1) is 52.3 Å². The van der Waals surface area contributed by atoms with Gasteiger partial charge in [-0.05, 0) is 115 Å². The van der Waals surface area contributed by atoms with Crippen molar-refractivity contribution in [1.82, 2.24) is 0 Å². The topological polar surface area (TPSA) is 29.5 Å². The van der Waals surface area contributed by atoms with Crippen molar-refractivity contribution >= 4 is 18.7 Å². The first kappa shape index (κ1) is 30.2. The Morgan fingerprint density at radius 1 is 0.810 bits per heavy atom. The maximum Gasteiger partial charge on any atom is 0.261 e. The summed E-state index contributed by atoms with van der Waals surface area (Å²) in [7, 11) is -2.53. The second kappa shape index (κ2) is 11.2. The Bertz CT molecular complexity index is 1250. The van der Waals surface area contributed by atoms with Crippen molar-refractivity contribution in [3.63, 3.8) is 0 Å². The van der Waals surface area contributed by atoms with E-state index in [4.69, 9.17) is 4.43 Å². The first-order valence-electron chi connectivity index (χ1n) is 17.0. The fourth-order valence-electron chi connectivity index (χ4n) is 10.7. The lowest BCUT2D eigenvalue weighted by atomic mass is 9.44. The summed E-state index contributed by atoms with van der Waals surface area (Å²) in [6.45, 7) is 14.3. The monoisotopic (exact) mass is 582 g/mol. The summed E-state index contributed by atoms with van der Waals surface area (Å²) in [4.78, 5) is 0. The average molecular weight is 583 g/mol. The van der Waals surface area contributed by atoms with Crippen LogP contribution in [-0.2, 0) is 4.43 Å². The number of aliphatic hydroxyl groups is 1. The minimum Gasteiger partial charge on any atom is -0.404 e. The van der Waals surface area contributed by atoms with Crippen LogP contribution in [0.3, 0.4) is 0 Å². The van der Waals surface area contributed by atoms with Gasteiger partial charge in [-0.15, -0.1) is 0 Å². The first-order valence-corrected chi connectivity index (χ1v) is 18.9. The third kappa shape index (κ3) is 4.94.